The summed E-state index contributed by atoms with van der Waals surface area (Å²) in [5.41, 5.74) is 2.79. The van der Waals surface area contributed by atoms with Gasteiger partial charge in [-0.1, -0.05) is 68.8 Å². The Labute approximate surface area is 115 Å². The van der Waals surface area contributed by atoms with Crippen LogP contribution in [0.1, 0.15) is 54.1 Å². The van der Waals surface area contributed by atoms with Crippen LogP contribution in [0, 0.1) is 0 Å². The van der Waals surface area contributed by atoms with Crippen molar-refractivity contribution < 1.29 is 4.79 Å². The molecule has 0 saturated heterocycles. The predicted octanol–water partition coefficient (Wildman–Crippen LogP) is 4.82. The van der Waals surface area contributed by atoms with Crippen molar-refractivity contribution in [3.05, 3.63) is 71.3 Å². The molecule has 0 aromatic heterocycles. The van der Waals surface area contributed by atoms with E-state index in [4.69, 9.17) is 0 Å². The molecule has 1 unspecified atom stereocenters. The van der Waals surface area contributed by atoms with Crippen LogP contribution in [0.2, 0.25) is 0 Å². The van der Waals surface area contributed by atoms with Crippen LogP contribution < -0.4 is 0 Å². The standard InChI is InChI=1S/C18H20O/c1-3-8-14(2)16-11-7-12-17(13-16)18(19)15-9-5-4-6-10-15/h4-7,9-14H,3,8H2,1-2H3. The molecule has 0 saturated carbocycles. The smallest absolute Gasteiger partial charge is 0.193 e. The Balaban J connectivity index is 2.26. The fraction of sp³-hybridized carbons (Fsp3) is 0.278. The van der Waals surface area contributed by atoms with Gasteiger partial charge in [-0.25, -0.2) is 0 Å². The van der Waals surface area contributed by atoms with Gasteiger partial charge in [0.1, 0.15) is 0 Å². The molecule has 2 aromatic rings. The van der Waals surface area contributed by atoms with Gasteiger partial charge >= 0.3 is 0 Å². The van der Waals surface area contributed by atoms with Gasteiger partial charge in [-0.05, 0) is 24.0 Å². The first-order valence-electron chi connectivity index (χ1n) is 6.92. The van der Waals surface area contributed by atoms with Crippen molar-refractivity contribution in [2.45, 2.75) is 32.6 Å². The number of ketones is 1. The van der Waals surface area contributed by atoms with Gasteiger partial charge in [0.15, 0.2) is 5.78 Å². The average Bonchev–Trinajstić information content (AvgIpc) is 2.48. The maximum atomic E-state index is 12.4. The Kier molecular flexibility index (Phi) is 4.51. The molecule has 0 heterocycles. The number of rotatable bonds is 5. The van der Waals surface area contributed by atoms with E-state index in [1.807, 2.05) is 48.5 Å². The summed E-state index contributed by atoms with van der Waals surface area (Å²) in [6.07, 6.45) is 2.32. The zero-order chi connectivity index (χ0) is 13.7. The lowest BCUT2D eigenvalue weighted by atomic mass is 9.93. The predicted molar refractivity (Wildman–Crippen MR) is 79.6 cm³/mol. The summed E-state index contributed by atoms with van der Waals surface area (Å²) in [6.45, 7) is 4.41. The molecule has 0 amide bonds. The fourth-order valence-corrected chi connectivity index (χ4v) is 2.34. The number of carbonyl (C=O) groups excluding carboxylic acids is 1. The lowest BCUT2D eigenvalue weighted by molar-refractivity contribution is 0.103. The zero-order valence-corrected chi connectivity index (χ0v) is 11.6. The van der Waals surface area contributed by atoms with Gasteiger partial charge in [0.05, 0.1) is 0 Å². The fourth-order valence-electron chi connectivity index (χ4n) is 2.34. The second-order valence-electron chi connectivity index (χ2n) is 5.01. The van der Waals surface area contributed by atoms with Crippen LogP contribution in [0.25, 0.3) is 0 Å². The van der Waals surface area contributed by atoms with Crippen LogP contribution in [0.15, 0.2) is 54.6 Å². The quantitative estimate of drug-likeness (QED) is 0.697. The zero-order valence-electron chi connectivity index (χ0n) is 11.6. The van der Waals surface area contributed by atoms with E-state index in [-0.39, 0.29) is 5.78 Å². The van der Waals surface area contributed by atoms with Crippen molar-refractivity contribution in [2.75, 3.05) is 0 Å². The van der Waals surface area contributed by atoms with Crippen molar-refractivity contribution in [3.8, 4) is 0 Å². The minimum absolute atomic E-state index is 0.103. The normalized spacial score (nSPS) is 12.1. The lowest BCUT2D eigenvalue weighted by Gasteiger charge is -2.11. The van der Waals surface area contributed by atoms with Gasteiger partial charge < -0.3 is 0 Å². The Morgan fingerprint density at radius 3 is 2.37 bits per heavy atom. The highest BCUT2D eigenvalue weighted by Crippen LogP contribution is 2.22. The second-order valence-corrected chi connectivity index (χ2v) is 5.01. The molecule has 98 valence electrons. The highest BCUT2D eigenvalue weighted by Gasteiger charge is 2.11. The summed E-state index contributed by atoms with van der Waals surface area (Å²) in [4.78, 5) is 12.4. The second kappa shape index (κ2) is 6.33. The number of carbonyl (C=O) groups is 1. The van der Waals surface area contributed by atoms with Crippen molar-refractivity contribution in [1.29, 1.82) is 0 Å². The third-order valence-electron chi connectivity index (χ3n) is 3.48. The third-order valence-corrected chi connectivity index (χ3v) is 3.48. The summed E-state index contributed by atoms with van der Waals surface area (Å²) in [7, 11) is 0. The van der Waals surface area contributed by atoms with Crippen LogP contribution in [0.4, 0.5) is 0 Å². The average molecular weight is 252 g/mol. The molecule has 0 bridgehead atoms. The van der Waals surface area contributed by atoms with E-state index in [2.05, 4.69) is 19.9 Å². The number of hydrogen-bond acceptors (Lipinski definition) is 1. The molecule has 0 fully saturated rings. The van der Waals surface area contributed by atoms with E-state index >= 15 is 0 Å². The molecule has 0 aliphatic carbocycles. The van der Waals surface area contributed by atoms with Crippen LogP contribution in [-0.4, -0.2) is 5.78 Å². The van der Waals surface area contributed by atoms with Crippen molar-refractivity contribution in [2.24, 2.45) is 0 Å². The summed E-state index contributed by atoms with van der Waals surface area (Å²) >= 11 is 0. The van der Waals surface area contributed by atoms with Gasteiger partial charge in [0, 0.05) is 11.1 Å². The molecule has 1 heteroatoms. The first-order valence-corrected chi connectivity index (χ1v) is 6.92. The van der Waals surface area contributed by atoms with E-state index in [9.17, 15) is 4.79 Å². The number of hydrogen-bond donors (Lipinski definition) is 0. The third kappa shape index (κ3) is 3.31. The molecule has 1 atom stereocenters. The van der Waals surface area contributed by atoms with Crippen LogP contribution in [0.5, 0.6) is 0 Å². The van der Waals surface area contributed by atoms with Gasteiger partial charge in [0.2, 0.25) is 0 Å². The summed E-state index contributed by atoms with van der Waals surface area (Å²) in [6, 6.07) is 17.5. The maximum Gasteiger partial charge on any atom is 0.193 e. The Hall–Kier alpha value is -1.89. The van der Waals surface area contributed by atoms with Gasteiger partial charge in [-0.3, -0.25) is 4.79 Å². The summed E-state index contributed by atoms with van der Waals surface area (Å²) in [5.74, 6) is 0.611. The minimum atomic E-state index is 0.103. The largest absolute Gasteiger partial charge is 0.289 e. The van der Waals surface area contributed by atoms with Crippen molar-refractivity contribution in [1.82, 2.24) is 0 Å². The first kappa shape index (κ1) is 13.5. The van der Waals surface area contributed by atoms with Gasteiger partial charge in [0.25, 0.3) is 0 Å². The topological polar surface area (TPSA) is 17.1 Å². The molecule has 0 spiro atoms. The van der Waals surface area contributed by atoms with Crippen molar-refractivity contribution >= 4 is 5.78 Å². The monoisotopic (exact) mass is 252 g/mol. The molecule has 0 aliphatic heterocycles. The first-order chi connectivity index (χ1) is 9.22. The van der Waals surface area contributed by atoms with E-state index < -0.39 is 0 Å². The van der Waals surface area contributed by atoms with Crippen LogP contribution in [-0.2, 0) is 0 Å². The molecule has 0 radical (unpaired) electrons. The van der Waals surface area contributed by atoms with E-state index in [1.54, 1.807) is 0 Å². The highest BCUT2D eigenvalue weighted by molar-refractivity contribution is 6.09. The lowest BCUT2D eigenvalue weighted by Crippen LogP contribution is -2.02. The molecule has 0 aliphatic rings. The molecule has 19 heavy (non-hydrogen) atoms. The Morgan fingerprint density at radius 1 is 1.00 bits per heavy atom. The van der Waals surface area contributed by atoms with Crippen molar-refractivity contribution in [3.63, 3.8) is 0 Å². The molecule has 1 nitrogen and oxygen atoms in total. The Bertz CT molecular complexity index is 543. The molecular weight excluding hydrogens is 232 g/mol. The molecule has 0 N–H and O–H groups in total. The van der Waals surface area contributed by atoms with E-state index in [0.29, 0.717) is 5.92 Å². The summed E-state index contributed by atoms with van der Waals surface area (Å²) in [5, 5.41) is 0. The van der Waals surface area contributed by atoms with E-state index in [1.165, 1.54) is 5.56 Å². The number of benzene rings is 2. The maximum absolute atomic E-state index is 12.4. The van der Waals surface area contributed by atoms with E-state index in [0.717, 1.165) is 24.0 Å². The van der Waals surface area contributed by atoms with Gasteiger partial charge in [-0.15, -0.1) is 0 Å². The Morgan fingerprint density at radius 2 is 1.68 bits per heavy atom. The van der Waals surface area contributed by atoms with Crippen LogP contribution in [0.3, 0.4) is 0 Å². The minimum Gasteiger partial charge on any atom is -0.289 e. The SMILES string of the molecule is CCCC(C)c1cccc(C(=O)c2ccccc2)c1. The summed E-state index contributed by atoms with van der Waals surface area (Å²) < 4.78 is 0. The molecule has 2 aromatic carbocycles. The molecular formula is C18H20O. The highest BCUT2D eigenvalue weighted by atomic mass is 16.1. The van der Waals surface area contributed by atoms with Crippen LogP contribution >= 0.6 is 0 Å². The van der Waals surface area contributed by atoms with Gasteiger partial charge in [-0.2, -0.15) is 0 Å². The molecule has 2 rings (SSSR count).